The van der Waals surface area contributed by atoms with Crippen LogP contribution in [0.25, 0.3) is 11.3 Å². The summed E-state index contributed by atoms with van der Waals surface area (Å²) in [7, 11) is -4.29. The predicted octanol–water partition coefficient (Wildman–Crippen LogP) is 5.18. The summed E-state index contributed by atoms with van der Waals surface area (Å²) in [5.41, 5.74) is 12.0. The van der Waals surface area contributed by atoms with Crippen LogP contribution in [0, 0.1) is 34.6 Å². The van der Waals surface area contributed by atoms with Crippen molar-refractivity contribution in [1.82, 2.24) is 14.7 Å². The minimum Gasteiger partial charge on any atom is -0.438 e. The molecular formula is C28H28N4O4S. The summed E-state index contributed by atoms with van der Waals surface area (Å²) >= 11 is 0. The van der Waals surface area contributed by atoms with Gasteiger partial charge in [-0.1, -0.05) is 35.9 Å². The second-order valence-electron chi connectivity index (χ2n) is 9.01. The van der Waals surface area contributed by atoms with Crippen molar-refractivity contribution in [2.45, 2.75) is 39.6 Å². The molecule has 9 heteroatoms. The van der Waals surface area contributed by atoms with Crippen LogP contribution < -0.4 is 15.2 Å². The SMILES string of the molecule is Cc1cc(C)c(Oc2nc(-c3ccc(C)c(C)c3)ccc2C(=O)NS(=O)(=O)c2cccc(N)n2)c(C)c1. The van der Waals surface area contributed by atoms with Gasteiger partial charge in [-0.2, -0.15) is 8.42 Å². The van der Waals surface area contributed by atoms with Gasteiger partial charge in [-0.25, -0.2) is 14.7 Å². The predicted molar refractivity (Wildman–Crippen MR) is 143 cm³/mol. The number of nitrogens with zero attached hydrogens (tertiary/aromatic N) is 2. The Labute approximate surface area is 216 Å². The number of aromatic nitrogens is 2. The van der Waals surface area contributed by atoms with E-state index in [0.717, 1.165) is 33.4 Å². The zero-order valence-electron chi connectivity index (χ0n) is 21.3. The van der Waals surface area contributed by atoms with Crippen LogP contribution in [0.3, 0.4) is 0 Å². The number of carbonyl (C=O) groups is 1. The molecule has 0 saturated heterocycles. The van der Waals surface area contributed by atoms with Gasteiger partial charge in [0, 0.05) is 5.56 Å². The second kappa shape index (κ2) is 10.0. The van der Waals surface area contributed by atoms with Crippen LogP contribution in [-0.4, -0.2) is 24.3 Å². The van der Waals surface area contributed by atoms with Gasteiger partial charge in [0.05, 0.1) is 5.69 Å². The van der Waals surface area contributed by atoms with E-state index >= 15 is 0 Å². The molecule has 0 spiro atoms. The van der Waals surface area contributed by atoms with Gasteiger partial charge >= 0.3 is 0 Å². The lowest BCUT2D eigenvalue weighted by Gasteiger charge is -2.16. The molecular weight excluding hydrogens is 488 g/mol. The summed E-state index contributed by atoms with van der Waals surface area (Å²) in [6.45, 7) is 9.81. The molecule has 0 aliphatic rings. The average Bonchev–Trinajstić information content (AvgIpc) is 2.82. The van der Waals surface area contributed by atoms with Gasteiger partial charge in [-0.15, -0.1) is 0 Å². The largest absolute Gasteiger partial charge is 0.438 e. The summed E-state index contributed by atoms with van der Waals surface area (Å²) < 4.78 is 33.9. The standard InChI is InChI=1S/C28H28N4O4S/c1-16-13-19(4)26(20(5)14-16)36-28-22(11-12-23(30-28)21-10-9-17(2)18(3)15-21)27(33)32-37(34,35)25-8-6-7-24(29)31-25/h6-15H,1-5H3,(H2,29,31)(H,32,33). The summed E-state index contributed by atoms with van der Waals surface area (Å²) in [4.78, 5) is 21.7. The lowest BCUT2D eigenvalue weighted by molar-refractivity contribution is 0.0978. The van der Waals surface area contributed by atoms with Crippen molar-refractivity contribution >= 4 is 21.7 Å². The molecule has 3 N–H and O–H groups in total. The van der Waals surface area contributed by atoms with E-state index in [4.69, 9.17) is 10.5 Å². The Morgan fingerprint density at radius 3 is 2.19 bits per heavy atom. The van der Waals surface area contributed by atoms with E-state index in [9.17, 15) is 13.2 Å². The molecule has 0 aliphatic heterocycles. The molecule has 0 radical (unpaired) electrons. The van der Waals surface area contributed by atoms with Crippen molar-refractivity contribution in [3.63, 3.8) is 0 Å². The van der Waals surface area contributed by atoms with Crippen molar-refractivity contribution in [3.8, 4) is 22.9 Å². The third-order valence-corrected chi connectivity index (χ3v) is 7.19. The van der Waals surface area contributed by atoms with Crippen LogP contribution in [0.5, 0.6) is 11.6 Å². The smallest absolute Gasteiger partial charge is 0.281 e. The molecule has 0 bridgehead atoms. The van der Waals surface area contributed by atoms with Crippen molar-refractivity contribution in [3.05, 3.63) is 94.0 Å². The monoisotopic (exact) mass is 516 g/mol. The van der Waals surface area contributed by atoms with Crippen LogP contribution in [-0.2, 0) is 10.0 Å². The second-order valence-corrected chi connectivity index (χ2v) is 10.6. The number of hydrogen-bond acceptors (Lipinski definition) is 7. The van der Waals surface area contributed by atoms with Crippen molar-refractivity contribution in [2.24, 2.45) is 0 Å². The number of amides is 1. The number of sulfonamides is 1. The highest BCUT2D eigenvalue weighted by molar-refractivity contribution is 7.90. The molecule has 4 aromatic rings. The van der Waals surface area contributed by atoms with Gasteiger partial charge in [0.25, 0.3) is 15.9 Å². The zero-order chi connectivity index (χ0) is 26.9. The lowest BCUT2D eigenvalue weighted by Crippen LogP contribution is -2.31. The first-order chi connectivity index (χ1) is 17.4. The van der Waals surface area contributed by atoms with Gasteiger partial charge in [-0.05, 0) is 87.2 Å². The summed E-state index contributed by atoms with van der Waals surface area (Å²) in [5, 5.41) is -0.367. The molecule has 4 rings (SSSR count). The molecule has 1 amide bonds. The Balaban J connectivity index is 1.79. The van der Waals surface area contributed by atoms with Crippen molar-refractivity contribution in [2.75, 3.05) is 5.73 Å². The molecule has 0 unspecified atom stereocenters. The van der Waals surface area contributed by atoms with Crippen LogP contribution in [0.2, 0.25) is 0 Å². The summed E-state index contributed by atoms with van der Waals surface area (Å²) in [6, 6.07) is 17.2. The van der Waals surface area contributed by atoms with E-state index < -0.39 is 15.9 Å². The Bertz CT molecular complexity index is 1610. The fraction of sp³-hybridized carbons (Fsp3) is 0.179. The van der Waals surface area contributed by atoms with Crippen LogP contribution in [0.1, 0.15) is 38.2 Å². The normalized spacial score (nSPS) is 11.3. The average molecular weight is 517 g/mol. The molecule has 190 valence electrons. The third-order valence-electron chi connectivity index (χ3n) is 5.96. The topological polar surface area (TPSA) is 124 Å². The molecule has 2 aromatic heterocycles. The highest BCUT2D eigenvalue weighted by Gasteiger charge is 2.25. The number of nitrogens with one attached hydrogen (secondary N) is 1. The van der Waals surface area contributed by atoms with E-state index in [2.05, 4.69) is 14.7 Å². The van der Waals surface area contributed by atoms with Gasteiger partial charge in [0.2, 0.25) is 5.88 Å². The maximum Gasteiger partial charge on any atom is 0.281 e. The number of aryl methyl sites for hydroxylation is 5. The van der Waals surface area contributed by atoms with Crippen LogP contribution >= 0.6 is 0 Å². The minimum atomic E-state index is -4.29. The number of nitrogens with two attached hydrogens (primary N) is 1. The Morgan fingerprint density at radius 1 is 0.838 bits per heavy atom. The van der Waals surface area contributed by atoms with Crippen LogP contribution in [0.15, 0.2) is 65.7 Å². The quantitative estimate of drug-likeness (QED) is 0.362. The van der Waals surface area contributed by atoms with Crippen molar-refractivity contribution in [1.29, 1.82) is 0 Å². The van der Waals surface area contributed by atoms with Gasteiger partial charge in [0.1, 0.15) is 17.1 Å². The number of carbonyl (C=O) groups excluding carboxylic acids is 1. The lowest BCUT2D eigenvalue weighted by atomic mass is 10.0. The fourth-order valence-corrected chi connectivity index (χ4v) is 4.93. The number of pyridine rings is 2. The van der Waals surface area contributed by atoms with E-state index in [1.807, 2.05) is 65.0 Å². The fourth-order valence-electron chi connectivity index (χ4n) is 3.99. The Morgan fingerprint density at radius 2 is 1.54 bits per heavy atom. The van der Waals surface area contributed by atoms with E-state index in [1.165, 1.54) is 24.3 Å². The number of ether oxygens (including phenoxy) is 1. The third kappa shape index (κ3) is 5.62. The number of benzene rings is 2. The number of nitrogen functional groups attached to an aromatic ring is 1. The molecule has 8 nitrogen and oxygen atoms in total. The molecule has 37 heavy (non-hydrogen) atoms. The first-order valence-electron chi connectivity index (χ1n) is 11.6. The highest BCUT2D eigenvalue weighted by atomic mass is 32.2. The van der Waals surface area contributed by atoms with E-state index in [0.29, 0.717) is 11.4 Å². The van der Waals surface area contributed by atoms with Crippen molar-refractivity contribution < 1.29 is 17.9 Å². The van der Waals surface area contributed by atoms with Gasteiger partial charge in [-0.3, -0.25) is 4.79 Å². The number of rotatable bonds is 6. The maximum absolute atomic E-state index is 13.2. The minimum absolute atomic E-state index is 0.0148. The van der Waals surface area contributed by atoms with Crippen LogP contribution in [0.4, 0.5) is 5.82 Å². The molecule has 2 aromatic carbocycles. The number of anilines is 1. The van der Waals surface area contributed by atoms with E-state index in [1.54, 1.807) is 6.07 Å². The first-order valence-corrected chi connectivity index (χ1v) is 13.1. The number of hydrogen-bond donors (Lipinski definition) is 2. The molecule has 0 atom stereocenters. The summed E-state index contributed by atoms with van der Waals surface area (Å²) in [6.07, 6.45) is 0. The first kappa shape index (κ1) is 25.8. The Kier molecular flexibility index (Phi) is 7.00. The summed E-state index contributed by atoms with van der Waals surface area (Å²) in [5.74, 6) is -0.353. The molecule has 0 saturated carbocycles. The maximum atomic E-state index is 13.2. The molecule has 0 aliphatic carbocycles. The molecule has 0 fully saturated rings. The zero-order valence-corrected chi connectivity index (χ0v) is 22.1. The van der Waals surface area contributed by atoms with Gasteiger partial charge < -0.3 is 10.5 Å². The van der Waals surface area contributed by atoms with Gasteiger partial charge in [0.15, 0.2) is 5.03 Å². The van der Waals surface area contributed by atoms with E-state index in [-0.39, 0.29) is 22.3 Å². The highest BCUT2D eigenvalue weighted by Crippen LogP contribution is 2.33. The molecule has 2 heterocycles. The Hall–Kier alpha value is -4.24.